The lowest BCUT2D eigenvalue weighted by atomic mass is 10.0. The molecular formula is C23H28N2O4. The van der Waals surface area contributed by atoms with Crippen molar-refractivity contribution in [3.8, 4) is 11.5 Å². The molecule has 0 N–H and O–H groups in total. The van der Waals surface area contributed by atoms with E-state index >= 15 is 0 Å². The fourth-order valence-electron chi connectivity index (χ4n) is 3.34. The summed E-state index contributed by atoms with van der Waals surface area (Å²) in [7, 11) is 3.29. The molecule has 6 nitrogen and oxygen atoms in total. The van der Waals surface area contributed by atoms with Gasteiger partial charge >= 0.3 is 0 Å². The summed E-state index contributed by atoms with van der Waals surface area (Å²) in [6.07, 6.45) is 1.84. The molecule has 3 rings (SSSR count). The minimum Gasteiger partial charge on any atom is -0.497 e. The molecule has 0 unspecified atom stereocenters. The third-order valence-corrected chi connectivity index (χ3v) is 4.90. The summed E-state index contributed by atoms with van der Waals surface area (Å²) in [5.41, 5.74) is 2.93. The Morgan fingerprint density at radius 2 is 1.90 bits per heavy atom. The average Bonchev–Trinajstić information content (AvgIpc) is 3.22. The van der Waals surface area contributed by atoms with Crippen LogP contribution in [0, 0.1) is 0 Å². The van der Waals surface area contributed by atoms with Gasteiger partial charge in [0.15, 0.2) is 6.10 Å². The Morgan fingerprint density at radius 3 is 2.59 bits per heavy atom. The topological polar surface area (TPSA) is 60.4 Å². The molecule has 29 heavy (non-hydrogen) atoms. The van der Waals surface area contributed by atoms with Crippen LogP contribution in [-0.4, -0.2) is 43.4 Å². The van der Waals surface area contributed by atoms with E-state index in [1.54, 1.807) is 14.2 Å². The molecule has 2 aromatic carbocycles. The number of amides is 1. The fourth-order valence-corrected chi connectivity index (χ4v) is 3.34. The quantitative estimate of drug-likeness (QED) is 0.642. The number of oxime groups is 1. The molecule has 1 amide bonds. The van der Waals surface area contributed by atoms with Crippen LogP contribution >= 0.6 is 0 Å². The second-order valence-electron chi connectivity index (χ2n) is 7.07. The molecule has 0 aromatic heterocycles. The molecule has 1 aliphatic heterocycles. The monoisotopic (exact) mass is 396 g/mol. The Balaban J connectivity index is 1.65. The average molecular weight is 396 g/mol. The smallest absolute Gasteiger partial charge is 0.222 e. The van der Waals surface area contributed by atoms with E-state index in [4.69, 9.17) is 14.3 Å². The second kappa shape index (κ2) is 9.96. The number of hydrogen-bond acceptors (Lipinski definition) is 5. The van der Waals surface area contributed by atoms with E-state index in [2.05, 4.69) is 5.16 Å². The van der Waals surface area contributed by atoms with Gasteiger partial charge in [0.1, 0.15) is 11.5 Å². The summed E-state index contributed by atoms with van der Waals surface area (Å²) in [4.78, 5) is 20.2. The number of nitrogens with zero attached hydrogens (tertiary/aromatic N) is 2. The van der Waals surface area contributed by atoms with Crippen molar-refractivity contribution in [2.45, 2.75) is 38.8 Å². The Kier molecular flexibility index (Phi) is 7.11. The SMILES string of the molecule is CCCC(=O)N(Cc1cccc(OC)c1)C[C@@H]1CC(c2ccc(OC)cc2)=NO1. The minimum absolute atomic E-state index is 0.122. The van der Waals surface area contributed by atoms with Crippen molar-refractivity contribution in [3.63, 3.8) is 0 Å². The number of ether oxygens (including phenoxy) is 2. The van der Waals surface area contributed by atoms with Crippen LogP contribution in [0.1, 0.15) is 37.3 Å². The summed E-state index contributed by atoms with van der Waals surface area (Å²) in [6, 6.07) is 15.6. The minimum atomic E-state index is -0.154. The lowest BCUT2D eigenvalue weighted by Gasteiger charge is -2.25. The van der Waals surface area contributed by atoms with Gasteiger partial charge in [0, 0.05) is 19.4 Å². The van der Waals surface area contributed by atoms with Gasteiger partial charge in [-0.2, -0.15) is 0 Å². The van der Waals surface area contributed by atoms with Gasteiger partial charge in [0.2, 0.25) is 5.91 Å². The summed E-state index contributed by atoms with van der Waals surface area (Å²) >= 11 is 0. The van der Waals surface area contributed by atoms with Gasteiger partial charge in [0.25, 0.3) is 0 Å². The first-order valence-electron chi connectivity index (χ1n) is 9.90. The molecule has 2 aromatic rings. The van der Waals surface area contributed by atoms with Crippen LogP contribution in [0.3, 0.4) is 0 Å². The van der Waals surface area contributed by atoms with Crippen LogP contribution in [-0.2, 0) is 16.2 Å². The van der Waals surface area contributed by atoms with E-state index < -0.39 is 0 Å². The predicted octanol–water partition coefficient (Wildman–Crippen LogP) is 4.03. The zero-order valence-electron chi connectivity index (χ0n) is 17.3. The van der Waals surface area contributed by atoms with E-state index in [1.807, 2.05) is 60.4 Å². The normalized spacial score (nSPS) is 15.4. The van der Waals surface area contributed by atoms with Gasteiger partial charge in [0.05, 0.1) is 26.5 Å². The van der Waals surface area contributed by atoms with Crippen LogP contribution in [0.2, 0.25) is 0 Å². The van der Waals surface area contributed by atoms with Crippen LogP contribution in [0.4, 0.5) is 0 Å². The Bertz CT molecular complexity index is 848. The van der Waals surface area contributed by atoms with Gasteiger partial charge in [-0.15, -0.1) is 0 Å². The molecule has 0 fully saturated rings. The summed E-state index contributed by atoms with van der Waals surface area (Å²) in [5.74, 6) is 1.71. The van der Waals surface area contributed by atoms with Crippen molar-refractivity contribution in [2.24, 2.45) is 5.16 Å². The Morgan fingerprint density at radius 1 is 1.14 bits per heavy atom. The highest BCUT2D eigenvalue weighted by Crippen LogP contribution is 2.22. The molecule has 6 heteroatoms. The molecule has 1 atom stereocenters. The molecule has 154 valence electrons. The number of hydrogen-bond donors (Lipinski definition) is 0. The maximum absolute atomic E-state index is 12.7. The van der Waals surface area contributed by atoms with Crippen molar-refractivity contribution in [1.82, 2.24) is 4.90 Å². The van der Waals surface area contributed by atoms with Crippen LogP contribution < -0.4 is 9.47 Å². The van der Waals surface area contributed by atoms with Crippen LogP contribution in [0.5, 0.6) is 11.5 Å². The first-order valence-corrected chi connectivity index (χ1v) is 9.90. The van der Waals surface area contributed by atoms with E-state index in [0.717, 1.165) is 34.8 Å². The molecule has 0 bridgehead atoms. The summed E-state index contributed by atoms with van der Waals surface area (Å²) in [6.45, 7) is 3.03. The molecule has 1 aliphatic rings. The summed E-state index contributed by atoms with van der Waals surface area (Å²) < 4.78 is 10.5. The molecule has 0 saturated heterocycles. The lowest BCUT2D eigenvalue weighted by molar-refractivity contribution is -0.133. The van der Waals surface area contributed by atoms with Crippen molar-refractivity contribution in [3.05, 3.63) is 59.7 Å². The van der Waals surface area contributed by atoms with E-state index in [0.29, 0.717) is 25.9 Å². The number of carbonyl (C=O) groups is 1. The zero-order chi connectivity index (χ0) is 20.6. The largest absolute Gasteiger partial charge is 0.497 e. The molecule has 0 spiro atoms. The first-order chi connectivity index (χ1) is 14.1. The molecule has 0 saturated carbocycles. The van der Waals surface area contributed by atoms with Gasteiger partial charge in [-0.1, -0.05) is 24.2 Å². The predicted molar refractivity (Wildman–Crippen MR) is 112 cm³/mol. The first kappa shape index (κ1) is 20.7. The van der Waals surface area contributed by atoms with Gasteiger partial charge < -0.3 is 19.2 Å². The Hall–Kier alpha value is -3.02. The van der Waals surface area contributed by atoms with Crippen molar-refractivity contribution in [2.75, 3.05) is 20.8 Å². The Labute approximate surface area is 172 Å². The maximum Gasteiger partial charge on any atom is 0.222 e. The third kappa shape index (κ3) is 5.50. The van der Waals surface area contributed by atoms with Crippen molar-refractivity contribution in [1.29, 1.82) is 0 Å². The van der Waals surface area contributed by atoms with Crippen molar-refractivity contribution >= 4 is 11.6 Å². The number of rotatable bonds is 9. The van der Waals surface area contributed by atoms with E-state index in [9.17, 15) is 4.79 Å². The maximum atomic E-state index is 12.7. The van der Waals surface area contributed by atoms with Crippen LogP contribution in [0.15, 0.2) is 53.7 Å². The standard InChI is InChI=1S/C23H28N2O4/c1-4-6-23(26)25(15-17-7-5-8-20(13-17)28-3)16-21-14-22(24-29-21)18-9-11-19(27-2)12-10-18/h5,7-13,21H,4,6,14-16H2,1-3H3/t21-/m0/s1. The fraction of sp³-hybridized carbons (Fsp3) is 0.391. The molecule has 1 heterocycles. The van der Waals surface area contributed by atoms with E-state index in [-0.39, 0.29) is 12.0 Å². The number of carbonyl (C=O) groups excluding carboxylic acids is 1. The highest BCUT2D eigenvalue weighted by atomic mass is 16.6. The lowest BCUT2D eigenvalue weighted by Crippen LogP contribution is -2.37. The van der Waals surface area contributed by atoms with Gasteiger partial charge in [-0.25, -0.2) is 0 Å². The highest BCUT2D eigenvalue weighted by Gasteiger charge is 2.26. The van der Waals surface area contributed by atoms with E-state index in [1.165, 1.54) is 0 Å². The molecule has 0 aliphatic carbocycles. The van der Waals surface area contributed by atoms with Crippen LogP contribution in [0.25, 0.3) is 0 Å². The molecule has 0 radical (unpaired) electrons. The second-order valence-corrected chi connectivity index (χ2v) is 7.07. The number of methoxy groups -OCH3 is 2. The van der Waals surface area contributed by atoms with Gasteiger partial charge in [-0.05, 0) is 53.9 Å². The molecular weight excluding hydrogens is 368 g/mol. The van der Waals surface area contributed by atoms with Crippen molar-refractivity contribution < 1.29 is 19.1 Å². The summed E-state index contributed by atoms with van der Waals surface area (Å²) in [5, 5.41) is 4.25. The third-order valence-electron chi connectivity index (χ3n) is 4.90. The highest BCUT2D eigenvalue weighted by molar-refractivity contribution is 6.01. The zero-order valence-corrected chi connectivity index (χ0v) is 17.3. The number of benzene rings is 2. The van der Waals surface area contributed by atoms with Gasteiger partial charge in [-0.3, -0.25) is 4.79 Å².